The quantitative estimate of drug-likeness (QED) is 0.783. The fraction of sp³-hybridized carbons (Fsp3) is 0.455. The zero-order valence-corrected chi connectivity index (χ0v) is 11.3. The monoisotopic (exact) mass is 307 g/mol. The van der Waals surface area contributed by atoms with Crippen LogP contribution in [-0.2, 0) is 0 Å². The predicted octanol–water partition coefficient (Wildman–Crippen LogP) is 2.51. The van der Waals surface area contributed by atoms with Gasteiger partial charge in [-0.25, -0.2) is 0 Å². The highest BCUT2D eigenvalue weighted by atomic mass is 79.9. The minimum atomic E-state index is -0.540. The molecule has 0 spiro atoms. The van der Waals surface area contributed by atoms with Crippen LogP contribution in [0.5, 0.6) is 0 Å². The van der Waals surface area contributed by atoms with Gasteiger partial charge < -0.3 is 15.5 Å². The molecule has 0 aliphatic carbocycles. The SMILES string of the molecule is CC(CO)(CO)CNc1cc(Cl)ccc1Br. The van der Waals surface area contributed by atoms with Gasteiger partial charge in [0.2, 0.25) is 0 Å². The van der Waals surface area contributed by atoms with Crippen LogP contribution in [0.2, 0.25) is 5.02 Å². The molecule has 0 atom stereocenters. The number of hydrogen-bond acceptors (Lipinski definition) is 3. The maximum absolute atomic E-state index is 9.15. The third kappa shape index (κ3) is 3.63. The van der Waals surface area contributed by atoms with Crippen LogP contribution < -0.4 is 5.32 Å². The summed E-state index contributed by atoms with van der Waals surface area (Å²) in [4.78, 5) is 0. The van der Waals surface area contributed by atoms with Crippen LogP contribution in [0.1, 0.15) is 6.92 Å². The highest BCUT2D eigenvalue weighted by Crippen LogP contribution is 2.27. The molecule has 0 aliphatic heterocycles. The Morgan fingerprint density at radius 3 is 2.56 bits per heavy atom. The zero-order valence-electron chi connectivity index (χ0n) is 9.00. The molecule has 0 heterocycles. The zero-order chi connectivity index (χ0) is 12.2. The Bertz CT molecular complexity index is 356. The van der Waals surface area contributed by atoms with Gasteiger partial charge in [-0.2, -0.15) is 0 Å². The third-order valence-corrected chi connectivity index (χ3v) is 3.32. The lowest BCUT2D eigenvalue weighted by atomic mass is 9.93. The van der Waals surface area contributed by atoms with E-state index in [0.717, 1.165) is 10.2 Å². The van der Waals surface area contributed by atoms with Crippen LogP contribution in [0, 0.1) is 5.41 Å². The maximum Gasteiger partial charge on any atom is 0.0523 e. The van der Waals surface area contributed by atoms with E-state index in [9.17, 15) is 0 Å². The molecule has 0 bridgehead atoms. The number of nitrogens with one attached hydrogen (secondary N) is 1. The summed E-state index contributed by atoms with van der Waals surface area (Å²) < 4.78 is 0.898. The smallest absolute Gasteiger partial charge is 0.0523 e. The number of halogens is 2. The average molecular weight is 309 g/mol. The van der Waals surface area contributed by atoms with Crippen LogP contribution in [0.3, 0.4) is 0 Å². The van der Waals surface area contributed by atoms with E-state index in [-0.39, 0.29) is 13.2 Å². The van der Waals surface area contributed by atoms with E-state index in [1.54, 1.807) is 19.1 Å². The molecular weight excluding hydrogens is 293 g/mol. The molecule has 1 aromatic rings. The first kappa shape index (κ1) is 13.8. The summed E-state index contributed by atoms with van der Waals surface area (Å²) in [6, 6.07) is 5.43. The van der Waals surface area contributed by atoms with Crippen LogP contribution in [0.4, 0.5) is 5.69 Å². The van der Waals surface area contributed by atoms with Gasteiger partial charge in [-0.05, 0) is 34.1 Å². The Hall–Kier alpha value is -0.290. The molecule has 3 nitrogen and oxygen atoms in total. The average Bonchev–Trinajstić information content (AvgIpc) is 2.30. The standard InChI is InChI=1S/C11H15BrClNO2/c1-11(6-15,7-16)5-14-10-4-8(13)2-3-9(10)12/h2-4,14-16H,5-7H2,1H3. The van der Waals surface area contributed by atoms with Gasteiger partial charge in [-0.15, -0.1) is 0 Å². The Morgan fingerprint density at radius 1 is 1.38 bits per heavy atom. The fourth-order valence-corrected chi connectivity index (χ4v) is 1.66. The lowest BCUT2D eigenvalue weighted by Gasteiger charge is -2.25. The van der Waals surface area contributed by atoms with Crippen molar-refractivity contribution in [1.29, 1.82) is 0 Å². The number of anilines is 1. The summed E-state index contributed by atoms with van der Waals surface area (Å²) in [6.45, 7) is 2.13. The fourth-order valence-electron chi connectivity index (χ4n) is 1.10. The molecule has 0 saturated carbocycles. The van der Waals surface area contributed by atoms with Gasteiger partial charge in [-0.1, -0.05) is 18.5 Å². The van der Waals surface area contributed by atoms with Crippen LogP contribution >= 0.6 is 27.5 Å². The highest BCUT2D eigenvalue weighted by molar-refractivity contribution is 9.10. The predicted molar refractivity (Wildman–Crippen MR) is 69.9 cm³/mol. The molecule has 0 unspecified atom stereocenters. The van der Waals surface area contributed by atoms with Gasteiger partial charge >= 0.3 is 0 Å². The summed E-state index contributed by atoms with van der Waals surface area (Å²) in [5.74, 6) is 0. The van der Waals surface area contributed by atoms with Crippen LogP contribution in [0.25, 0.3) is 0 Å². The molecule has 1 rings (SSSR count). The number of aliphatic hydroxyl groups excluding tert-OH is 2. The van der Waals surface area contributed by atoms with Crippen molar-refractivity contribution < 1.29 is 10.2 Å². The second-order valence-corrected chi connectivity index (χ2v) is 5.40. The summed E-state index contributed by atoms with van der Waals surface area (Å²) in [5, 5.41) is 22.1. The molecule has 90 valence electrons. The molecule has 0 saturated heterocycles. The van der Waals surface area contributed by atoms with E-state index in [0.29, 0.717) is 11.6 Å². The molecular formula is C11H15BrClNO2. The van der Waals surface area contributed by atoms with Crippen molar-refractivity contribution >= 4 is 33.2 Å². The molecule has 0 fully saturated rings. The first-order valence-corrected chi connectivity index (χ1v) is 6.08. The van der Waals surface area contributed by atoms with Gasteiger partial charge in [0, 0.05) is 27.1 Å². The number of benzene rings is 1. The van der Waals surface area contributed by atoms with Crippen molar-refractivity contribution in [2.45, 2.75) is 6.92 Å². The molecule has 3 N–H and O–H groups in total. The first-order valence-electron chi connectivity index (χ1n) is 4.91. The summed E-state index contributed by atoms with van der Waals surface area (Å²) >= 11 is 9.27. The summed E-state index contributed by atoms with van der Waals surface area (Å²) in [7, 11) is 0. The lowest BCUT2D eigenvalue weighted by molar-refractivity contribution is 0.0806. The Kier molecular flexibility index (Phi) is 5.05. The van der Waals surface area contributed by atoms with Crippen molar-refractivity contribution in [3.63, 3.8) is 0 Å². The number of aliphatic hydroxyl groups is 2. The van der Waals surface area contributed by atoms with E-state index in [2.05, 4.69) is 21.2 Å². The molecule has 1 aromatic carbocycles. The van der Waals surface area contributed by atoms with E-state index in [4.69, 9.17) is 21.8 Å². The summed E-state index contributed by atoms with van der Waals surface area (Å²) in [5.41, 5.74) is 0.308. The van der Waals surface area contributed by atoms with Gasteiger partial charge in [0.05, 0.1) is 13.2 Å². The van der Waals surface area contributed by atoms with Gasteiger partial charge in [0.25, 0.3) is 0 Å². The van der Waals surface area contributed by atoms with Crippen LogP contribution in [0.15, 0.2) is 22.7 Å². The Balaban J connectivity index is 2.70. The first-order chi connectivity index (χ1) is 7.50. The van der Waals surface area contributed by atoms with Crippen molar-refractivity contribution in [2.24, 2.45) is 5.41 Å². The van der Waals surface area contributed by atoms with E-state index < -0.39 is 5.41 Å². The van der Waals surface area contributed by atoms with E-state index in [1.165, 1.54) is 0 Å². The maximum atomic E-state index is 9.15. The minimum Gasteiger partial charge on any atom is -0.396 e. The minimum absolute atomic E-state index is 0.0747. The second-order valence-electron chi connectivity index (χ2n) is 4.10. The number of hydrogen-bond donors (Lipinski definition) is 3. The van der Waals surface area contributed by atoms with Gasteiger partial charge in [0.15, 0.2) is 0 Å². The van der Waals surface area contributed by atoms with Gasteiger partial charge in [-0.3, -0.25) is 0 Å². The van der Waals surface area contributed by atoms with Crippen LogP contribution in [-0.4, -0.2) is 30.0 Å². The highest BCUT2D eigenvalue weighted by Gasteiger charge is 2.22. The molecule has 5 heteroatoms. The number of rotatable bonds is 5. The third-order valence-electron chi connectivity index (χ3n) is 2.40. The van der Waals surface area contributed by atoms with E-state index in [1.807, 2.05) is 6.07 Å². The van der Waals surface area contributed by atoms with Crippen molar-refractivity contribution in [1.82, 2.24) is 0 Å². The Labute approximate surface area is 109 Å². The topological polar surface area (TPSA) is 52.5 Å². The molecule has 16 heavy (non-hydrogen) atoms. The molecule has 0 aliphatic rings. The van der Waals surface area contributed by atoms with Gasteiger partial charge in [0.1, 0.15) is 0 Å². The largest absolute Gasteiger partial charge is 0.396 e. The molecule has 0 radical (unpaired) electrons. The normalized spacial score (nSPS) is 11.6. The second kappa shape index (κ2) is 5.87. The lowest BCUT2D eigenvalue weighted by Crippen LogP contribution is -2.34. The summed E-state index contributed by atoms with van der Waals surface area (Å²) in [6.07, 6.45) is 0. The van der Waals surface area contributed by atoms with E-state index >= 15 is 0 Å². The Morgan fingerprint density at radius 2 is 2.00 bits per heavy atom. The molecule has 0 aromatic heterocycles. The molecule has 0 amide bonds. The van der Waals surface area contributed by atoms with Crippen molar-refractivity contribution in [3.8, 4) is 0 Å². The van der Waals surface area contributed by atoms with Crippen molar-refractivity contribution in [2.75, 3.05) is 25.1 Å². The van der Waals surface area contributed by atoms with Crippen molar-refractivity contribution in [3.05, 3.63) is 27.7 Å².